The molecule has 4 rings (SSSR count). The summed E-state index contributed by atoms with van der Waals surface area (Å²) in [5, 5.41) is 15.4. The molecule has 1 unspecified atom stereocenters. The molecule has 3 aromatic rings. The average Bonchev–Trinajstić information content (AvgIpc) is 3.19. The summed E-state index contributed by atoms with van der Waals surface area (Å²) in [5.41, 5.74) is 1.97. The molecular weight excluding hydrogens is 399 g/mol. The Morgan fingerprint density at radius 3 is 2.68 bits per heavy atom. The minimum Gasteiger partial charge on any atom is -0.504 e. The standard InChI is InChI=1S/C24H29FN2O4/c1-4-9-27-10-7-16(8-11-27)24-23-21(13-18(25)14-22(23)31-26-24)30-20-6-5-17(12-19(20)28)15(2)29-3/h5-6,12-16,28H,4,7-11H2,1-3H3. The Morgan fingerprint density at radius 1 is 1.23 bits per heavy atom. The molecular formula is C24H29FN2O4. The van der Waals surface area contributed by atoms with E-state index in [-0.39, 0.29) is 23.5 Å². The van der Waals surface area contributed by atoms with Gasteiger partial charge < -0.3 is 24.0 Å². The number of piperidine rings is 1. The predicted octanol–water partition coefficient (Wildman–Crippen LogP) is 5.76. The van der Waals surface area contributed by atoms with Crippen molar-refractivity contribution in [1.29, 1.82) is 0 Å². The topological polar surface area (TPSA) is 68.0 Å². The van der Waals surface area contributed by atoms with Crippen LogP contribution in [-0.2, 0) is 4.74 Å². The van der Waals surface area contributed by atoms with E-state index in [2.05, 4.69) is 17.0 Å². The molecule has 0 aliphatic carbocycles. The first kappa shape index (κ1) is 21.6. The van der Waals surface area contributed by atoms with Crippen LogP contribution in [0.5, 0.6) is 17.2 Å². The molecule has 1 fully saturated rings. The molecule has 31 heavy (non-hydrogen) atoms. The maximum Gasteiger partial charge on any atom is 0.173 e. The Hall–Kier alpha value is -2.64. The van der Waals surface area contributed by atoms with Gasteiger partial charge in [-0.25, -0.2) is 4.39 Å². The lowest BCUT2D eigenvalue weighted by Gasteiger charge is -2.30. The molecule has 1 N–H and O–H groups in total. The predicted molar refractivity (Wildman–Crippen MR) is 116 cm³/mol. The number of aromatic hydroxyl groups is 1. The quantitative estimate of drug-likeness (QED) is 0.516. The summed E-state index contributed by atoms with van der Waals surface area (Å²) < 4.78 is 31.0. The van der Waals surface area contributed by atoms with E-state index in [1.165, 1.54) is 12.1 Å². The van der Waals surface area contributed by atoms with E-state index < -0.39 is 5.82 Å². The summed E-state index contributed by atoms with van der Waals surface area (Å²) in [6, 6.07) is 7.72. The van der Waals surface area contributed by atoms with Gasteiger partial charge in [0.2, 0.25) is 0 Å². The van der Waals surface area contributed by atoms with Crippen LogP contribution in [0.2, 0.25) is 0 Å². The number of benzene rings is 2. The zero-order valence-corrected chi connectivity index (χ0v) is 18.2. The number of likely N-dealkylation sites (tertiary alicyclic amines) is 1. The Balaban J connectivity index is 1.65. The third-order valence-corrected chi connectivity index (χ3v) is 6.07. The molecule has 6 nitrogen and oxygen atoms in total. The van der Waals surface area contributed by atoms with E-state index >= 15 is 0 Å². The molecule has 1 atom stereocenters. The van der Waals surface area contributed by atoms with Gasteiger partial charge in [-0.3, -0.25) is 0 Å². The first-order valence-corrected chi connectivity index (χ1v) is 10.8. The van der Waals surface area contributed by atoms with Gasteiger partial charge in [-0.1, -0.05) is 18.1 Å². The van der Waals surface area contributed by atoms with Crippen LogP contribution in [0.4, 0.5) is 4.39 Å². The number of nitrogens with zero attached hydrogens (tertiary/aromatic N) is 2. The van der Waals surface area contributed by atoms with Crippen molar-refractivity contribution in [2.45, 2.75) is 45.1 Å². The fraction of sp³-hybridized carbons (Fsp3) is 0.458. The van der Waals surface area contributed by atoms with E-state index in [9.17, 15) is 9.50 Å². The molecule has 2 aromatic carbocycles. The lowest BCUT2D eigenvalue weighted by Crippen LogP contribution is -2.33. The molecule has 166 valence electrons. The van der Waals surface area contributed by atoms with Crippen LogP contribution in [0.15, 0.2) is 34.9 Å². The van der Waals surface area contributed by atoms with Crippen LogP contribution >= 0.6 is 0 Å². The number of halogens is 1. The zero-order valence-electron chi connectivity index (χ0n) is 18.2. The molecule has 0 bridgehead atoms. The van der Waals surface area contributed by atoms with Crippen LogP contribution in [-0.4, -0.2) is 41.9 Å². The second kappa shape index (κ2) is 9.24. The molecule has 2 heterocycles. The third kappa shape index (κ3) is 4.52. The highest BCUT2D eigenvalue weighted by atomic mass is 19.1. The molecule has 1 aromatic heterocycles. The van der Waals surface area contributed by atoms with Gasteiger partial charge in [0.1, 0.15) is 11.6 Å². The molecule has 0 saturated carbocycles. The summed E-state index contributed by atoms with van der Waals surface area (Å²) in [7, 11) is 1.61. The molecule has 0 radical (unpaired) electrons. The van der Waals surface area contributed by atoms with Crippen molar-refractivity contribution in [2.75, 3.05) is 26.7 Å². The van der Waals surface area contributed by atoms with Gasteiger partial charge in [0.25, 0.3) is 0 Å². The number of aromatic nitrogens is 1. The van der Waals surface area contributed by atoms with E-state index in [1.807, 2.05) is 13.0 Å². The molecule has 7 heteroatoms. The number of rotatable bonds is 7. The Labute approximate surface area is 181 Å². The Morgan fingerprint density at radius 2 is 2.00 bits per heavy atom. The highest BCUT2D eigenvalue weighted by molar-refractivity contribution is 5.87. The van der Waals surface area contributed by atoms with Gasteiger partial charge in [0.15, 0.2) is 17.1 Å². The minimum absolute atomic E-state index is 0.0373. The summed E-state index contributed by atoms with van der Waals surface area (Å²) >= 11 is 0. The fourth-order valence-corrected chi connectivity index (χ4v) is 4.26. The number of ether oxygens (including phenoxy) is 2. The zero-order chi connectivity index (χ0) is 22.0. The molecule has 1 aliphatic heterocycles. The third-order valence-electron chi connectivity index (χ3n) is 6.07. The summed E-state index contributed by atoms with van der Waals surface area (Å²) in [6.45, 7) is 7.19. The normalized spacial score (nSPS) is 16.6. The van der Waals surface area contributed by atoms with Gasteiger partial charge in [-0.05, 0) is 63.5 Å². The van der Waals surface area contributed by atoms with Crippen molar-refractivity contribution in [2.24, 2.45) is 0 Å². The van der Waals surface area contributed by atoms with E-state index in [0.717, 1.165) is 50.2 Å². The highest BCUT2D eigenvalue weighted by Crippen LogP contribution is 2.41. The first-order chi connectivity index (χ1) is 15.0. The smallest absolute Gasteiger partial charge is 0.173 e. The summed E-state index contributed by atoms with van der Waals surface area (Å²) in [4.78, 5) is 2.45. The molecule has 0 spiro atoms. The van der Waals surface area contributed by atoms with Crippen LogP contribution in [0.1, 0.15) is 56.4 Å². The molecule has 1 aliphatic rings. The molecule has 0 amide bonds. The van der Waals surface area contributed by atoms with Crippen molar-refractivity contribution in [3.8, 4) is 17.2 Å². The maximum atomic E-state index is 14.3. The number of phenols is 1. The summed E-state index contributed by atoms with van der Waals surface area (Å²) in [5.74, 6) is 0.242. The van der Waals surface area contributed by atoms with Crippen LogP contribution < -0.4 is 4.74 Å². The second-order valence-electron chi connectivity index (χ2n) is 8.17. The van der Waals surface area contributed by atoms with E-state index in [0.29, 0.717) is 16.7 Å². The fourth-order valence-electron chi connectivity index (χ4n) is 4.26. The van der Waals surface area contributed by atoms with E-state index in [1.54, 1.807) is 19.2 Å². The van der Waals surface area contributed by atoms with Gasteiger partial charge in [0, 0.05) is 25.2 Å². The van der Waals surface area contributed by atoms with Crippen molar-refractivity contribution in [3.05, 3.63) is 47.4 Å². The molecule has 1 saturated heterocycles. The lowest BCUT2D eigenvalue weighted by molar-refractivity contribution is 0.119. The average molecular weight is 429 g/mol. The van der Waals surface area contributed by atoms with Gasteiger partial charge in [-0.2, -0.15) is 0 Å². The highest BCUT2D eigenvalue weighted by Gasteiger charge is 2.27. The summed E-state index contributed by atoms with van der Waals surface area (Å²) in [6.07, 6.45) is 2.91. The van der Waals surface area contributed by atoms with Crippen molar-refractivity contribution >= 4 is 11.0 Å². The van der Waals surface area contributed by atoms with Crippen molar-refractivity contribution in [1.82, 2.24) is 10.1 Å². The van der Waals surface area contributed by atoms with Gasteiger partial charge >= 0.3 is 0 Å². The van der Waals surface area contributed by atoms with E-state index in [4.69, 9.17) is 14.0 Å². The van der Waals surface area contributed by atoms with Gasteiger partial charge in [-0.15, -0.1) is 0 Å². The number of hydrogen-bond acceptors (Lipinski definition) is 6. The van der Waals surface area contributed by atoms with Crippen molar-refractivity contribution in [3.63, 3.8) is 0 Å². The monoisotopic (exact) mass is 428 g/mol. The van der Waals surface area contributed by atoms with Crippen LogP contribution in [0.3, 0.4) is 0 Å². The number of fused-ring (bicyclic) bond motifs is 1. The minimum atomic E-state index is -0.480. The Kier molecular flexibility index (Phi) is 6.43. The maximum absolute atomic E-state index is 14.3. The van der Waals surface area contributed by atoms with Crippen molar-refractivity contribution < 1.29 is 23.5 Å². The Bertz CT molecular complexity index is 1040. The SMILES string of the molecule is CCCN1CCC(c2noc3cc(F)cc(Oc4ccc(C(C)OC)cc4O)c23)CC1. The van der Waals surface area contributed by atoms with Gasteiger partial charge in [0.05, 0.1) is 17.2 Å². The van der Waals surface area contributed by atoms with Crippen LogP contribution in [0.25, 0.3) is 11.0 Å². The largest absolute Gasteiger partial charge is 0.504 e. The number of phenolic OH excluding ortho intramolecular Hbond substituents is 1. The second-order valence-corrected chi connectivity index (χ2v) is 8.17. The lowest BCUT2D eigenvalue weighted by atomic mass is 9.91. The first-order valence-electron chi connectivity index (χ1n) is 10.8. The number of hydrogen-bond donors (Lipinski definition) is 1. The number of methoxy groups -OCH3 is 1. The van der Waals surface area contributed by atoms with Crippen LogP contribution in [0, 0.1) is 5.82 Å².